The summed E-state index contributed by atoms with van der Waals surface area (Å²) in [4.78, 5) is 10.8. The van der Waals surface area contributed by atoms with Crippen molar-refractivity contribution in [1.29, 1.82) is 0 Å². The van der Waals surface area contributed by atoms with Gasteiger partial charge >= 0.3 is 0 Å². The average Bonchev–Trinajstić information content (AvgIpc) is 2.36. The first-order valence-electron chi connectivity index (χ1n) is 5.75. The largest absolute Gasteiger partial charge is 0.303 e. The lowest BCUT2D eigenvalue weighted by Crippen LogP contribution is -2.03. The summed E-state index contributed by atoms with van der Waals surface area (Å²) >= 11 is 5.80. The zero-order valence-electron chi connectivity index (χ0n) is 9.95. The molecule has 2 rings (SSSR count). The van der Waals surface area contributed by atoms with E-state index in [0.717, 1.165) is 17.9 Å². The van der Waals surface area contributed by atoms with Crippen LogP contribution in [0.3, 0.4) is 0 Å². The Morgan fingerprint density at radius 2 is 1.58 bits per heavy atom. The number of rotatable bonds is 4. The molecule has 2 aromatic rings. The molecule has 0 saturated heterocycles. The quantitative estimate of drug-likeness (QED) is 0.762. The first-order chi connectivity index (χ1) is 9.10. The maximum absolute atomic E-state index is 13.3. The van der Waals surface area contributed by atoms with Gasteiger partial charge in [0.2, 0.25) is 0 Å². The Bertz CT molecular complexity index is 561. The van der Waals surface area contributed by atoms with Gasteiger partial charge in [-0.25, -0.2) is 8.78 Å². The molecule has 0 aliphatic rings. The van der Waals surface area contributed by atoms with E-state index in [1.54, 1.807) is 24.3 Å². The maximum Gasteiger partial charge on any atom is 0.126 e. The van der Waals surface area contributed by atoms with Crippen molar-refractivity contribution in [2.24, 2.45) is 0 Å². The van der Waals surface area contributed by atoms with E-state index in [1.807, 2.05) is 0 Å². The molecule has 0 spiro atoms. The van der Waals surface area contributed by atoms with Gasteiger partial charge in [0.05, 0.1) is 0 Å². The number of hydrogen-bond donors (Lipinski definition) is 0. The molecule has 0 aliphatic carbocycles. The highest BCUT2D eigenvalue weighted by Crippen LogP contribution is 2.29. The van der Waals surface area contributed by atoms with Gasteiger partial charge in [-0.05, 0) is 35.4 Å². The molecule has 0 N–H and O–H groups in total. The van der Waals surface area contributed by atoms with Crippen molar-refractivity contribution in [3.8, 4) is 0 Å². The van der Waals surface area contributed by atoms with Crippen LogP contribution in [0.5, 0.6) is 0 Å². The summed E-state index contributed by atoms with van der Waals surface area (Å²) in [6, 6.07) is 10.2. The molecule has 1 atom stereocenters. The van der Waals surface area contributed by atoms with E-state index < -0.39 is 11.6 Å². The van der Waals surface area contributed by atoms with E-state index in [0.29, 0.717) is 10.6 Å². The number of halogens is 3. The summed E-state index contributed by atoms with van der Waals surface area (Å²) in [5, 5.41) is 0.569. The molecular formula is C15H11ClF2O. The molecule has 2 aromatic carbocycles. The summed E-state index contributed by atoms with van der Waals surface area (Å²) in [5.41, 5.74) is 1.23. The van der Waals surface area contributed by atoms with Crippen LogP contribution in [-0.2, 0) is 4.79 Å². The lowest BCUT2D eigenvalue weighted by molar-refractivity contribution is -0.108. The third kappa shape index (κ3) is 3.38. The van der Waals surface area contributed by atoms with Crippen LogP contribution in [-0.4, -0.2) is 6.29 Å². The van der Waals surface area contributed by atoms with Crippen molar-refractivity contribution in [2.75, 3.05) is 0 Å². The Morgan fingerprint density at radius 3 is 2.11 bits per heavy atom. The molecule has 0 amide bonds. The Balaban J connectivity index is 2.44. The summed E-state index contributed by atoms with van der Waals surface area (Å²) in [6.45, 7) is 0. The summed E-state index contributed by atoms with van der Waals surface area (Å²) in [7, 11) is 0. The maximum atomic E-state index is 13.3. The molecule has 0 aromatic heterocycles. The molecule has 0 bridgehead atoms. The van der Waals surface area contributed by atoms with Crippen LogP contribution in [0.4, 0.5) is 8.78 Å². The second kappa shape index (κ2) is 5.93. The van der Waals surface area contributed by atoms with E-state index in [1.165, 1.54) is 12.1 Å². The standard InChI is InChI=1S/C15H11ClF2O/c16-12-3-1-10(2-4-12)15(5-6-19)11-7-13(17)9-14(18)8-11/h1-4,6-9,15H,5H2/t15-/m0/s1. The fraction of sp³-hybridized carbons (Fsp3) is 0.133. The Kier molecular flexibility index (Phi) is 4.27. The number of carbonyl (C=O) groups excluding carboxylic acids is 1. The molecule has 0 heterocycles. The summed E-state index contributed by atoms with van der Waals surface area (Å²) < 4.78 is 26.5. The monoisotopic (exact) mass is 280 g/mol. The zero-order chi connectivity index (χ0) is 13.8. The van der Waals surface area contributed by atoms with E-state index in [9.17, 15) is 13.6 Å². The second-order valence-electron chi connectivity index (χ2n) is 4.21. The van der Waals surface area contributed by atoms with Crippen molar-refractivity contribution in [2.45, 2.75) is 12.3 Å². The fourth-order valence-corrected chi connectivity index (χ4v) is 2.16. The molecule has 4 heteroatoms. The SMILES string of the molecule is O=CC[C@@H](c1ccc(Cl)cc1)c1cc(F)cc(F)c1. The van der Waals surface area contributed by atoms with Gasteiger partial charge in [-0.15, -0.1) is 0 Å². The van der Waals surface area contributed by atoms with Crippen LogP contribution in [0.1, 0.15) is 23.5 Å². The topological polar surface area (TPSA) is 17.1 Å². The molecular weight excluding hydrogens is 270 g/mol. The molecule has 0 fully saturated rings. The van der Waals surface area contributed by atoms with Gasteiger partial charge in [0, 0.05) is 23.4 Å². The first-order valence-corrected chi connectivity index (χ1v) is 6.13. The average molecular weight is 281 g/mol. The number of aldehydes is 1. The summed E-state index contributed by atoms with van der Waals surface area (Å²) in [6.07, 6.45) is 0.895. The lowest BCUT2D eigenvalue weighted by atomic mass is 9.89. The fourth-order valence-electron chi connectivity index (χ4n) is 2.03. The highest BCUT2D eigenvalue weighted by atomic mass is 35.5. The summed E-state index contributed by atoms with van der Waals surface area (Å²) in [5.74, 6) is -1.68. The van der Waals surface area contributed by atoms with Crippen LogP contribution in [0.25, 0.3) is 0 Å². The Morgan fingerprint density at radius 1 is 1.00 bits per heavy atom. The van der Waals surface area contributed by atoms with E-state index in [-0.39, 0.29) is 12.3 Å². The van der Waals surface area contributed by atoms with E-state index in [4.69, 9.17) is 11.6 Å². The molecule has 0 radical (unpaired) electrons. The van der Waals surface area contributed by atoms with Crippen molar-refractivity contribution >= 4 is 17.9 Å². The molecule has 0 aliphatic heterocycles. The van der Waals surface area contributed by atoms with Gasteiger partial charge in [0.15, 0.2) is 0 Å². The van der Waals surface area contributed by atoms with Crippen molar-refractivity contribution < 1.29 is 13.6 Å². The minimum atomic E-state index is -0.653. The predicted molar refractivity (Wildman–Crippen MR) is 70.3 cm³/mol. The van der Waals surface area contributed by atoms with Crippen LogP contribution < -0.4 is 0 Å². The third-order valence-electron chi connectivity index (χ3n) is 2.89. The van der Waals surface area contributed by atoms with Crippen molar-refractivity contribution in [3.63, 3.8) is 0 Å². The van der Waals surface area contributed by atoms with Gasteiger partial charge in [0.25, 0.3) is 0 Å². The van der Waals surface area contributed by atoms with Crippen molar-refractivity contribution in [3.05, 3.63) is 70.2 Å². The van der Waals surface area contributed by atoms with Gasteiger partial charge in [-0.3, -0.25) is 0 Å². The van der Waals surface area contributed by atoms with Gasteiger partial charge < -0.3 is 4.79 Å². The Labute approximate surface area is 114 Å². The van der Waals surface area contributed by atoms with Crippen LogP contribution in [0.2, 0.25) is 5.02 Å². The number of benzene rings is 2. The van der Waals surface area contributed by atoms with E-state index >= 15 is 0 Å². The minimum absolute atomic E-state index is 0.157. The van der Waals surface area contributed by atoms with Gasteiger partial charge in [0.1, 0.15) is 17.9 Å². The lowest BCUT2D eigenvalue weighted by Gasteiger charge is -2.15. The van der Waals surface area contributed by atoms with Gasteiger partial charge in [-0.1, -0.05) is 23.7 Å². The molecule has 98 valence electrons. The zero-order valence-corrected chi connectivity index (χ0v) is 10.7. The third-order valence-corrected chi connectivity index (χ3v) is 3.14. The van der Waals surface area contributed by atoms with E-state index in [2.05, 4.69) is 0 Å². The molecule has 0 unspecified atom stereocenters. The predicted octanol–water partition coefficient (Wildman–Crippen LogP) is 4.34. The highest BCUT2D eigenvalue weighted by molar-refractivity contribution is 6.30. The molecule has 1 nitrogen and oxygen atoms in total. The molecule has 19 heavy (non-hydrogen) atoms. The minimum Gasteiger partial charge on any atom is -0.303 e. The number of hydrogen-bond acceptors (Lipinski definition) is 1. The van der Waals surface area contributed by atoms with Crippen LogP contribution >= 0.6 is 11.6 Å². The Hall–Kier alpha value is -1.74. The normalized spacial score (nSPS) is 12.2. The number of carbonyl (C=O) groups is 1. The highest BCUT2D eigenvalue weighted by Gasteiger charge is 2.15. The van der Waals surface area contributed by atoms with Gasteiger partial charge in [-0.2, -0.15) is 0 Å². The smallest absolute Gasteiger partial charge is 0.126 e. The van der Waals surface area contributed by atoms with Crippen LogP contribution in [0, 0.1) is 11.6 Å². The van der Waals surface area contributed by atoms with Crippen molar-refractivity contribution in [1.82, 2.24) is 0 Å². The molecule has 0 saturated carbocycles. The van der Waals surface area contributed by atoms with Crippen LogP contribution in [0.15, 0.2) is 42.5 Å². The second-order valence-corrected chi connectivity index (χ2v) is 4.65. The first kappa shape index (κ1) is 13.7.